The molecule has 0 radical (unpaired) electrons. The molecule has 138 valence electrons. The first-order valence-electron chi connectivity index (χ1n) is 10.1. The fraction of sp³-hybridized carbons (Fsp3) is 0.762. The molecule has 0 aromatic carbocycles. The van der Waals surface area contributed by atoms with Gasteiger partial charge in [0, 0.05) is 12.4 Å². The summed E-state index contributed by atoms with van der Waals surface area (Å²) in [5, 5.41) is 12.7. The Morgan fingerprint density at radius 3 is 2.00 bits per heavy atom. The summed E-state index contributed by atoms with van der Waals surface area (Å²) in [5.74, 6) is 0. The second kappa shape index (κ2) is 15.6. The van der Waals surface area contributed by atoms with E-state index in [1.165, 1.54) is 74.8 Å². The molecule has 0 amide bonds. The Balaban J connectivity index is 1.76. The monoisotopic (exact) mass is 333 g/mol. The number of rotatable bonds is 16. The predicted octanol–water partition coefficient (Wildman–Crippen LogP) is 6.13. The topological polar surface area (TPSA) is 39.2 Å². The molecule has 0 bridgehead atoms. The van der Waals surface area contributed by atoms with Gasteiger partial charge in [-0.1, -0.05) is 70.8 Å². The van der Waals surface area contributed by atoms with E-state index < -0.39 is 0 Å². The third-order valence-corrected chi connectivity index (χ3v) is 4.61. The molecule has 3 heteroatoms. The predicted molar refractivity (Wildman–Crippen MR) is 104 cm³/mol. The van der Waals surface area contributed by atoms with Crippen molar-refractivity contribution < 1.29 is 0 Å². The average molecular weight is 334 g/mol. The van der Waals surface area contributed by atoms with Crippen LogP contribution >= 0.6 is 0 Å². The number of nitrogens with zero attached hydrogens (tertiary/aromatic N) is 2. The molecule has 0 atom stereocenters. The summed E-state index contributed by atoms with van der Waals surface area (Å²) < 4.78 is 0. The highest BCUT2D eigenvalue weighted by Gasteiger charge is 1.96. The molecule has 0 N–H and O–H groups in total. The maximum absolute atomic E-state index is 11.5. The van der Waals surface area contributed by atoms with Gasteiger partial charge >= 0.3 is 0 Å². The summed E-state index contributed by atoms with van der Waals surface area (Å²) in [7, 11) is 0. The normalized spacial score (nSPS) is 11.3. The fourth-order valence-corrected chi connectivity index (χ4v) is 3.02. The maximum atomic E-state index is 11.5. The minimum absolute atomic E-state index is 0.720. The average Bonchev–Trinajstić information content (AvgIpc) is 2.61. The van der Waals surface area contributed by atoms with Crippen LogP contribution in [0.15, 0.2) is 24.5 Å². The van der Waals surface area contributed by atoms with Crippen molar-refractivity contribution in [3.63, 3.8) is 0 Å². The lowest BCUT2D eigenvalue weighted by molar-refractivity contribution is 0.356. The first-order valence-corrected chi connectivity index (χ1v) is 10.1. The molecular formula is C21H37N2O-. The van der Waals surface area contributed by atoms with Gasteiger partial charge in [0.1, 0.15) is 0 Å². The van der Waals surface area contributed by atoms with Gasteiger partial charge in [0.2, 0.25) is 0 Å². The summed E-state index contributed by atoms with van der Waals surface area (Å²) in [5.41, 5.74) is 1.36. The molecule has 0 aliphatic heterocycles. The summed E-state index contributed by atoms with van der Waals surface area (Å²) in [6, 6.07) is 4.19. The smallest absolute Gasteiger partial charge is 0.0299 e. The Morgan fingerprint density at radius 2 is 1.42 bits per heavy atom. The Morgan fingerprint density at radius 1 is 0.833 bits per heavy atom. The van der Waals surface area contributed by atoms with Crippen LogP contribution in [0.4, 0.5) is 0 Å². The molecular weight excluding hydrogens is 296 g/mol. The van der Waals surface area contributed by atoms with E-state index in [2.05, 4.69) is 18.0 Å². The molecule has 1 rings (SSSR count). The molecule has 0 spiro atoms. The van der Waals surface area contributed by atoms with E-state index >= 15 is 0 Å². The van der Waals surface area contributed by atoms with Crippen LogP contribution in [-0.2, 0) is 6.42 Å². The van der Waals surface area contributed by atoms with Crippen LogP contribution < -0.4 is 0 Å². The molecule has 24 heavy (non-hydrogen) atoms. The SMILES string of the molecule is CCCCN([O-])CCCCCCCCCCCCc1cccnc1. The molecule has 1 aromatic heterocycles. The third kappa shape index (κ3) is 12.5. The van der Waals surface area contributed by atoms with E-state index in [9.17, 15) is 5.21 Å². The lowest BCUT2D eigenvalue weighted by Crippen LogP contribution is -2.18. The Labute approximate surface area is 149 Å². The molecule has 1 heterocycles. The zero-order valence-electron chi connectivity index (χ0n) is 15.7. The Hall–Kier alpha value is -0.930. The van der Waals surface area contributed by atoms with Crippen molar-refractivity contribution in [2.75, 3.05) is 13.1 Å². The Kier molecular flexibility index (Phi) is 13.7. The van der Waals surface area contributed by atoms with E-state index in [-0.39, 0.29) is 0 Å². The van der Waals surface area contributed by atoms with Crippen molar-refractivity contribution in [3.8, 4) is 0 Å². The first kappa shape index (κ1) is 21.1. The van der Waals surface area contributed by atoms with Crippen molar-refractivity contribution in [2.24, 2.45) is 0 Å². The number of unbranched alkanes of at least 4 members (excludes halogenated alkanes) is 10. The van der Waals surface area contributed by atoms with Crippen LogP contribution in [0.3, 0.4) is 0 Å². The summed E-state index contributed by atoms with van der Waals surface area (Å²) in [4.78, 5) is 4.16. The second-order valence-electron chi connectivity index (χ2n) is 6.93. The van der Waals surface area contributed by atoms with Gasteiger partial charge in [-0.2, -0.15) is 0 Å². The van der Waals surface area contributed by atoms with Crippen molar-refractivity contribution >= 4 is 0 Å². The number of aromatic nitrogens is 1. The number of hydrogen-bond acceptors (Lipinski definition) is 3. The summed E-state index contributed by atoms with van der Waals surface area (Å²) in [6.07, 6.45) is 20.2. The third-order valence-electron chi connectivity index (χ3n) is 4.61. The highest BCUT2D eigenvalue weighted by Crippen LogP contribution is 2.12. The first-order chi connectivity index (χ1) is 11.8. The van der Waals surface area contributed by atoms with Gasteiger partial charge in [0.15, 0.2) is 0 Å². The number of hydroxylamine groups is 2. The molecule has 1 aromatic rings. The van der Waals surface area contributed by atoms with Crippen molar-refractivity contribution in [1.82, 2.24) is 10.0 Å². The van der Waals surface area contributed by atoms with Crippen LogP contribution in [0, 0.1) is 5.21 Å². The van der Waals surface area contributed by atoms with E-state index in [4.69, 9.17) is 0 Å². The molecule has 0 saturated heterocycles. The van der Waals surface area contributed by atoms with Gasteiger partial charge in [0.25, 0.3) is 0 Å². The van der Waals surface area contributed by atoms with E-state index in [1.807, 2.05) is 18.5 Å². The molecule has 0 aliphatic rings. The highest BCUT2D eigenvalue weighted by atomic mass is 16.5. The standard InChI is InChI=1S/C21H37N2O/c1-2-3-18-23(24)19-13-11-9-7-5-4-6-8-10-12-15-21-16-14-17-22-20-21/h14,16-17,20H,2-13,15,18-19H2,1H3/q-1. The number of hydrogen-bond donors (Lipinski definition) is 0. The Bertz CT molecular complexity index is 369. The second-order valence-corrected chi connectivity index (χ2v) is 6.93. The van der Waals surface area contributed by atoms with Crippen LogP contribution in [0.25, 0.3) is 0 Å². The van der Waals surface area contributed by atoms with Gasteiger partial charge < -0.3 is 10.3 Å². The molecule has 3 nitrogen and oxygen atoms in total. The number of aryl methyl sites for hydroxylation is 1. The summed E-state index contributed by atoms with van der Waals surface area (Å²) >= 11 is 0. The van der Waals surface area contributed by atoms with Crippen LogP contribution in [0.5, 0.6) is 0 Å². The van der Waals surface area contributed by atoms with E-state index in [0.29, 0.717) is 0 Å². The minimum atomic E-state index is 0.720. The van der Waals surface area contributed by atoms with Gasteiger partial charge in [0.05, 0.1) is 0 Å². The quantitative estimate of drug-likeness (QED) is 0.270. The summed E-state index contributed by atoms with van der Waals surface area (Å²) in [6.45, 7) is 3.59. The molecule has 0 fully saturated rings. The van der Waals surface area contributed by atoms with Crippen LogP contribution in [0.1, 0.15) is 89.5 Å². The van der Waals surface area contributed by atoms with Crippen molar-refractivity contribution in [2.45, 2.75) is 90.4 Å². The largest absolute Gasteiger partial charge is 0.785 e. The molecule has 0 saturated carbocycles. The maximum Gasteiger partial charge on any atom is 0.0299 e. The van der Waals surface area contributed by atoms with E-state index in [1.54, 1.807) is 0 Å². The van der Waals surface area contributed by atoms with Crippen molar-refractivity contribution in [3.05, 3.63) is 35.3 Å². The van der Waals surface area contributed by atoms with Gasteiger partial charge in [-0.25, -0.2) is 0 Å². The minimum Gasteiger partial charge on any atom is -0.785 e. The van der Waals surface area contributed by atoms with Gasteiger partial charge in [-0.3, -0.25) is 4.98 Å². The van der Waals surface area contributed by atoms with Crippen LogP contribution in [-0.4, -0.2) is 23.1 Å². The molecule has 0 unspecified atom stereocenters. The zero-order chi connectivity index (χ0) is 17.3. The lowest BCUT2D eigenvalue weighted by Gasteiger charge is -2.27. The number of pyridine rings is 1. The van der Waals surface area contributed by atoms with E-state index in [0.717, 1.165) is 32.4 Å². The fourth-order valence-electron chi connectivity index (χ4n) is 3.02. The highest BCUT2D eigenvalue weighted by molar-refractivity contribution is 5.08. The van der Waals surface area contributed by atoms with Crippen LogP contribution in [0.2, 0.25) is 0 Å². The zero-order valence-corrected chi connectivity index (χ0v) is 15.7. The molecule has 0 aliphatic carbocycles. The van der Waals surface area contributed by atoms with Gasteiger partial charge in [-0.15, -0.1) is 0 Å². The van der Waals surface area contributed by atoms with Gasteiger partial charge in [-0.05, 0) is 50.4 Å². The van der Waals surface area contributed by atoms with Crippen molar-refractivity contribution in [1.29, 1.82) is 0 Å². The lowest BCUT2D eigenvalue weighted by atomic mass is 10.0.